The minimum atomic E-state index is -3.34. The lowest BCUT2D eigenvalue weighted by Crippen LogP contribution is -2.56. The van der Waals surface area contributed by atoms with Gasteiger partial charge >= 0.3 is 0 Å². The number of hydrogen-bond donors (Lipinski definition) is 2. The van der Waals surface area contributed by atoms with Gasteiger partial charge in [0.2, 0.25) is 10.0 Å². The molecule has 0 saturated carbocycles. The molecule has 0 aromatic heterocycles. The topological polar surface area (TPSA) is 58.2 Å². The standard InChI is InChI=1S/C13H18N2O2S/c16-18(17,15-12-8-14-9-12)13-6-5-10-3-1-2-4-11(10)7-13/h5-7,12,14-15H,1-4,8-9H2. The first-order valence-corrected chi connectivity index (χ1v) is 7.98. The van der Waals surface area contributed by atoms with E-state index >= 15 is 0 Å². The molecule has 2 aliphatic rings. The molecule has 0 bridgehead atoms. The maximum absolute atomic E-state index is 12.2. The zero-order valence-electron chi connectivity index (χ0n) is 10.3. The van der Waals surface area contributed by atoms with E-state index in [0.29, 0.717) is 4.90 Å². The van der Waals surface area contributed by atoms with Crippen LogP contribution in [0, 0.1) is 0 Å². The van der Waals surface area contributed by atoms with Crippen LogP contribution in [0.1, 0.15) is 24.0 Å². The first-order valence-electron chi connectivity index (χ1n) is 6.50. The first kappa shape index (κ1) is 12.1. The number of benzene rings is 1. The summed E-state index contributed by atoms with van der Waals surface area (Å²) in [6, 6.07) is 5.61. The fraction of sp³-hybridized carbons (Fsp3) is 0.538. The summed E-state index contributed by atoms with van der Waals surface area (Å²) in [5, 5.41) is 3.06. The molecular weight excluding hydrogens is 248 g/mol. The van der Waals surface area contributed by atoms with Crippen LogP contribution in [0.15, 0.2) is 23.1 Å². The molecular formula is C13H18N2O2S. The maximum atomic E-state index is 12.2. The lowest BCUT2D eigenvalue weighted by atomic mass is 9.92. The van der Waals surface area contributed by atoms with Crippen LogP contribution in [0.2, 0.25) is 0 Å². The van der Waals surface area contributed by atoms with E-state index in [-0.39, 0.29) is 6.04 Å². The average Bonchev–Trinajstić information content (AvgIpc) is 2.33. The van der Waals surface area contributed by atoms with Gasteiger partial charge in [-0.2, -0.15) is 0 Å². The fourth-order valence-electron chi connectivity index (χ4n) is 2.54. The smallest absolute Gasteiger partial charge is 0.240 e. The Bertz CT molecular complexity index is 550. The van der Waals surface area contributed by atoms with Gasteiger partial charge in [-0.25, -0.2) is 13.1 Å². The van der Waals surface area contributed by atoms with Crippen LogP contribution in [0.5, 0.6) is 0 Å². The van der Waals surface area contributed by atoms with Crippen LogP contribution < -0.4 is 10.0 Å². The molecule has 1 aliphatic heterocycles. The molecule has 1 saturated heterocycles. The number of hydrogen-bond acceptors (Lipinski definition) is 3. The third-order valence-corrected chi connectivity index (χ3v) is 5.25. The Balaban J connectivity index is 1.86. The highest BCUT2D eigenvalue weighted by Gasteiger charge is 2.25. The van der Waals surface area contributed by atoms with Crippen molar-refractivity contribution in [2.45, 2.75) is 36.6 Å². The van der Waals surface area contributed by atoms with Gasteiger partial charge in [0.25, 0.3) is 0 Å². The van der Waals surface area contributed by atoms with Crippen molar-refractivity contribution >= 4 is 10.0 Å². The molecule has 5 heteroatoms. The predicted molar refractivity (Wildman–Crippen MR) is 70.1 cm³/mol. The summed E-state index contributed by atoms with van der Waals surface area (Å²) in [4.78, 5) is 0.412. The van der Waals surface area contributed by atoms with Gasteiger partial charge < -0.3 is 5.32 Å². The van der Waals surface area contributed by atoms with Gasteiger partial charge in [0.1, 0.15) is 0 Å². The van der Waals surface area contributed by atoms with Crippen LogP contribution in [-0.2, 0) is 22.9 Å². The second-order valence-corrected chi connectivity index (χ2v) is 6.83. The Morgan fingerprint density at radius 3 is 2.50 bits per heavy atom. The maximum Gasteiger partial charge on any atom is 0.240 e. The second kappa shape index (κ2) is 4.64. The third kappa shape index (κ3) is 2.30. The molecule has 1 aromatic carbocycles. The molecule has 1 fully saturated rings. The molecule has 3 rings (SSSR count). The number of sulfonamides is 1. The van der Waals surface area contributed by atoms with Crippen molar-refractivity contribution in [1.82, 2.24) is 10.0 Å². The summed E-state index contributed by atoms with van der Waals surface area (Å²) in [7, 11) is -3.34. The molecule has 0 atom stereocenters. The number of aryl methyl sites for hydroxylation is 2. The largest absolute Gasteiger partial charge is 0.313 e. The van der Waals surface area contributed by atoms with Crippen LogP contribution in [-0.4, -0.2) is 27.5 Å². The molecule has 98 valence electrons. The van der Waals surface area contributed by atoms with Crippen molar-refractivity contribution < 1.29 is 8.42 Å². The van der Waals surface area contributed by atoms with E-state index < -0.39 is 10.0 Å². The molecule has 0 unspecified atom stereocenters. The highest BCUT2D eigenvalue weighted by Crippen LogP contribution is 2.24. The van der Waals surface area contributed by atoms with Gasteiger partial charge in [-0.1, -0.05) is 6.07 Å². The highest BCUT2D eigenvalue weighted by atomic mass is 32.2. The van der Waals surface area contributed by atoms with Crippen molar-refractivity contribution in [2.75, 3.05) is 13.1 Å². The van der Waals surface area contributed by atoms with Gasteiger partial charge in [0, 0.05) is 19.1 Å². The second-order valence-electron chi connectivity index (χ2n) is 5.11. The lowest BCUT2D eigenvalue weighted by molar-refractivity contribution is 0.410. The van der Waals surface area contributed by atoms with Gasteiger partial charge in [-0.15, -0.1) is 0 Å². The van der Waals surface area contributed by atoms with E-state index in [9.17, 15) is 8.42 Å². The summed E-state index contributed by atoms with van der Waals surface area (Å²) >= 11 is 0. The normalized spacial score (nSPS) is 20.2. The molecule has 4 nitrogen and oxygen atoms in total. The quantitative estimate of drug-likeness (QED) is 0.851. The molecule has 0 amide bonds. The summed E-state index contributed by atoms with van der Waals surface area (Å²) in [5.74, 6) is 0. The zero-order valence-corrected chi connectivity index (χ0v) is 11.1. The van der Waals surface area contributed by atoms with Crippen molar-refractivity contribution in [3.63, 3.8) is 0 Å². The number of nitrogens with one attached hydrogen (secondary N) is 2. The fourth-order valence-corrected chi connectivity index (χ4v) is 3.82. The van der Waals surface area contributed by atoms with E-state index in [4.69, 9.17) is 0 Å². The van der Waals surface area contributed by atoms with Crippen LogP contribution in [0.25, 0.3) is 0 Å². The lowest BCUT2D eigenvalue weighted by Gasteiger charge is -2.28. The van der Waals surface area contributed by atoms with E-state index in [1.807, 2.05) is 12.1 Å². The minimum Gasteiger partial charge on any atom is -0.313 e. The van der Waals surface area contributed by atoms with Gasteiger partial charge in [0.15, 0.2) is 0 Å². The number of rotatable bonds is 3. The number of fused-ring (bicyclic) bond motifs is 1. The Morgan fingerprint density at radius 1 is 1.11 bits per heavy atom. The first-order chi connectivity index (χ1) is 8.65. The molecule has 1 aliphatic carbocycles. The summed E-state index contributed by atoms with van der Waals surface area (Å²) in [5.41, 5.74) is 2.52. The zero-order chi connectivity index (χ0) is 12.6. The van der Waals surface area contributed by atoms with Gasteiger partial charge in [-0.05, 0) is 48.9 Å². The Hall–Kier alpha value is -0.910. The molecule has 0 spiro atoms. The van der Waals surface area contributed by atoms with Crippen molar-refractivity contribution in [3.05, 3.63) is 29.3 Å². The van der Waals surface area contributed by atoms with Crippen molar-refractivity contribution in [2.24, 2.45) is 0 Å². The van der Waals surface area contributed by atoms with Gasteiger partial charge in [-0.3, -0.25) is 0 Å². The molecule has 1 aromatic rings. The van der Waals surface area contributed by atoms with Crippen molar-refractivity contribution in [3.8, 4) is 0 Å². The summed E-state index contributed by atoms with van der Waals surface area (Å²) in [6.45, 7) is 1.45. The predicted octanol–water partition coefficient (Wildman–Crippen LogP) is 0.815. The third-order valence-electron chi connectivity index (χ3n) is 3.73. The Morgan fingerprint density at radius 2 is 1.83 bits per heavy atom. The molecule has 2 N–H and O–H groups in total. The Labute approximate surface area is 108 Å². The van der Waals surface area contributed by atoms with Crippen LogP contribution in [0.4, 0.5) is 0 Å². The van der Waals surface area contributed by atoms with E-state index in [1.54, 1.807) is 6.07 Å². The van der Waals surface area contributed by atoms with Crippen LogP contribution >= 0.6 is 0 Å². The molecule has 0 radical (unpaired) electrons. The average molecular weight is 266 g/mol. The summed E-state index contributed by atoms with van der Waals surface area (Å²) in [6.07, 6.45) is 4.46. The molecule has 18 heavy (non-hydrogen) atoms. The Kier molecular flexibility index (Phi) is 3.13. The highest BCUT2D eigenvalue weighted by molar-refractivity contribution is 7.89. The van der Waals surface area contributed by atoms with Crippen molar-refractivity contribution in [1.29, 1.82) is 0 Å². The minimum absolute atomic E-state index is 0.0473. The van der Waals surface area contributed by atoms with E-state index in [1.165, 1.54) is 17.5 Å². The van der Waals surface area contributed by atoms with Gasteiger partial charge in [0.05, 0.1) is 4.90 Å². The molecule has 1 heterocycles. The van der Waals surface area contributed by atoms with E-state index in [2.05, 4.69) is 10.0 Å². The van der Waals surface area contributed by atoms with E-state index in [0.717, 1.165) is 32.4 Å². The summed E-state index contributed by atoms with van der Waals surface area (Å²) < 4.78 is 27.1. The monoisotopic (exact) mass is 266 g/mol. The van der Waals surface area contributed by atoms with Crippen LogP contribution in [0.3, 0.4) is 0 Å². The SMILES string of the molecule is O=S(=O)(NC1CNC1)c1ccc2c(c1)CCCC2.